The van der Waals surface area contributed by atoms with Gasteiger partial charge in [0.1, 0.15) is 6.10 Å². The second-order valence-electron chi connectivity index (χ2n) is 5.99. The lowest BCUT2D eigenvalue weighted by Crippen LogP contribution is -2.34. The molecular weight excluding hydrogens is 264 g/mol. The van der Waals surface area contributed by atoms with Crippen molar-refractivity contribution in [2.24, 2.45) is 11.8 Å². The SMILES string of the molecule is CC[C@H](O)[C@@H](C)[C@H](CCc1ccccc1)OC(=O)C(C)C. The number of carbonyl (C=O) groups excluding carboxylic acids is 1. The van der Waals surface area contributed by atoms with Gasteiger partial charge in [-0.3, -0.25) is 4.79 Å². The minimum absolute atomic E-state index is 0.0542. The van der Waals surface area contributed by atoms with E-state index >= 15 is 0 Å². The number of carbonyl (C=O) groups is 1. The van der Waals surface area contributed by atoms with E-state index in [0.717, 1.165) is 12.8 Å². The molecule has 118 valence electrons. The van der Waals surface area contributed by atoms with Gasteiger partial charge in [-0.2, -0.15) is 0 Å². The average molecular weight is 292 g/mol. The monoisotopic (exact) mass is 292 g/mol. The molecule has 0 saturated carbocycles. The molecule has 0 aromatic heterocycles. The van der Waals surface area contributed by atoms with Crippen LogP contribution in [0.5, 0.6) is 0 Å². The molecule has 0 saturated heterocycles. The molecule has 1 rings (SSSR count). The summed E-state index contributed by atoms with van der Waals surface area (Å²) in [6.07, 6.45) is 1.57. The Bertz CT molecular complexity index is 414. The fourth-order valence-corrected chi connectivity index (χ4v) is 2.29. The van der Waals surface area contributed by atoms with E-state index in [4.69, 9.17) is 4.74 Å². The summed E-state index contributed by atoms with van der Waals surface area (Å²) >= 11 is 0. The summed E-state index contributed by atoms with van der Waals surface area (Å²) in [4.78, 5) is 11.9. The molecule has 3 nitrogen and oxygen atoms in total. The van der Waals surface area contributed by atoms with Crippen molar-refractivity contribution >= 4 is 5.97 Å². The summed E-state index contributed by atoms with van der Waals surface area (Å²) in [6, 6.07) is 10.2. The van der Waals surface area contributed by atoms with E-state index in [-0.39, 0.29) is 23.9 Å². The summed E-state index contributed by atoms with van der Waals surface area (Å²) in [6.45, 7) is 7.56. The van der Waals surface area contributed by atoms with E-state index in [0.29, 0.717) is 6.42 Å². The lowest BCUT2D eigenvalue weighted by molar-refractivity contribution is -0.158. The Hall–Kier alpha value is -1.35. The number of ether oxygens (including phenoxy) is 1. The largest absolute Gasteiger partial charge is 0.462 e. The molecule has 0 unspecified atom stereocenters. The fourth-order valence-electron chi connectivity index (χ4n) is 2.29. The second-order valence-corrected chi connectivity index (χ2v) is 5.99. The van der Waals surface area contributed by atoms with Crippen molar-refractivity contribution in [3.05, 3.63) is 35.9 Å². The molecule has 1 aromatic rings. The molecule has 1 aromatic carbocycles. The zero-order valence-electron chi connectivity index (χ0n) is 13.6. The number of hydrogen-bond acceptors (Lipinski definition) is 3. The highest BCUT2D eigenvalue weighted by Crippen LogP contribution is 2.21. The van der Waals surface area contributed by atoms with Crippen molar-refractivity contribution in [2.45, 2.75) is 59.2 Å². The van der Waals surface area contributed by atoms with Crippen molar-refractivity contribution in [2.75, 3.05) is 0 Å². The Morgan fingerprint density at radius 3 is 2.33 bits per heavy atom. The van der Waals surface area contributed by atoms with Crippen LogP contribution in [0.2, 0.25) is 0 Å². The number of aliphatic hydroxyl groups excluding tert-OH is 1. The van der Waals surface area contributed by atoms with Crippen LogP contribution in [0.1, 0.15) is 46.1 Å². The lowest BCUT2D eigenvalue weighted by atomic mass is 9.91. The Labute approximate surface area is 128 Å². The zero-order valence-corrected chi connectivity index (χ0v) is 13.6. The van der Waals surface area contributed by atoms with Gasteiger partial charge in [-0.05, 0) is 24.8 Å². The first kappa shape index (κ1) is 17.7. The van der Waals surface area contributed by atoms with Gasteiger partial charge in [0.15, 0.2) is 0 Å². The molecule has 0 aliphatic heterocycles. The van der Waals surface area contributed by atoms with Gasteiger partial charge in [0.25, 0.3) is 0 Å². The number of aryl methyl sites for hydroxylation is 1. The number of aliphatic hydroxyl groups is 1. The Morgan fingerprint density at radius 1 is 1.19 bits per heavy atom. The Morgan fingerprint density at radius 2 is 1.81 bits per heavy atom. The van der Waals surface area contributed by atoms with E-state index in [2.05, 4.69) is 12.1 Å². The predicted molar refractivity (Wildman–Crippen MR) is 84.9 cm³/mol. The van der Waals surface area contributed by atoms with Gasteiger partial charge in [0.2, 0.25) is 0 Å². The quantitative estimate of drug-likeness (QED) is 0.745. The smallest absolute Gasteiger partial charge is 0.308 e. The maximum absolute atomic E-state index is 11.9. The number of rotatable bonds is 8. The van der Waals surface area contributed by atoms with Crippen LogP contribution < -0.4 is 0 Å². The van der Waals surface area contributed by atoms with Crippen molar-refractivity contribution in [3.8, 4) is 0 Å². The highest BCUT2D eigenvalue weighted by molar-refractivity contribution is 5.71. The normalized spacial score (nSPS) is 15.5. The fraction of sp³-hybridized carbons (Fsp3) is 0.611. The van der Waals surface area contributed by atoms with Crippen LogP contribution >= 0.6 is 0 Å². The van der Waals surface area contributed by atoms with Crippen molar-refractivity contribution in [3.63, 3.8) is 0 Å². The van der Waals surface area contributed by atoms with Crippen LogP contribution in [0.3, 0.4) is 0 Å². The lowest BCUT2D eigenvalue weighted by Gasteiger charge is -2.28. The number of benzene rings is 1. The van der Waals surface area contributed by atoms with E-state index in [9.17, 15) is 9.90 Å². The van der Waals surface area contributed by atoms with Gasteiger partial charge >= 0.3 is 5.97 Å². The highest BCUT2D eigenvalue weighted by Gasteiger charge is 2.27. The number of esters is 1. The molecule has 0 heterocycles. The molecule has 0 fully saturated rings. The summed E-state index contributed by atoms with van der Waals surface area (Å²) in [5, 5.41) is 10.1. The third-order valence-electron chi connectivity index (χ3n) is 3.91. The summed E-state index contributed by atoms with van der Waals surface area (Å²) in [5.74, 6) is -0.389. The molecule has 0 spiro atoms. The first-order valence-electron chi connectivity index (χ1n) is 7.88. The van der Waals surface area contributed by atoms with Gasteiger partial charge in [-0.15, -0.1) is 0 Å². The topological polar surface area (TPSA) is 46.5 Å². The van der Waals surface area contributed by atoms with Crippen LogP contribution in [0.25, 0.3) is 0 Å². The highest BCUT2D eigenvalue weighted by atomic mass is 16.5. The maximum atomic E-state index is 11.9. The Kier molecular flexibility index (Phi) is 7.44. The first-order chi connectivity index (χ1) is 9.95. The third kappa shape index (κ3) is 5.88. The zero-order chi connectivity index (χ0) is 15.8. The molecule has 3 heteroatoms. The van der Waals surface area contributed by atoms with Crippen LogP contribution in [-0.2, 0) is 16.0 Å². The van der Waals surface area contributed by atoms with Crippen LogP contribution in [0.15, 0.2) is 30.3 Å². The van der Waals surface area contributed by atoms with Crippen molar-refractivity contribution < 1.29 is 14.6 Å². The minimum Gasteiger partial charge on any atom is -0.462 e. The van der Waals surface area contributed by atoms with E-state index < -0.39 is 6.10 Å². The molecular formula is C18H28O3. The van der Waals surface area contributed by atoms with Crippen LogP contribution in [-0.4, -0.2) is 23.3 Å². The standard InChI is InChI=1S/C18H28O3/c1-5-16(19)14(4)17(21-18(20)13(2)3)12-11-15-9-7-6-8-10-15/h6-10,13-14,16-17,19H,5,11-12H2,1-4H3/t14-,16+,17+/m1/s1. The van der Waals surface area contributed by atoms with Crippen molar-refractivity contribution in [1.29, 1.82) is 0 Å². The van der Waals surface area contributed by atoms with E-state index in [1.54, 1.807) is 0 Å². The first-order valence-corrected chi connectivity index (χ1v) is 7.88. The molecule has 0 aliphatic rings. The van der Waals surface area contributed by atoms with Crippen molar-refractivity contribution in [1.82, 2.24) is 0 Å². The summed E-state index contributed by atoms with van der Waals surface area (Å²) in [7, 11) is 0. The molecule has 0 bridgehead atoms. The maximum Gasteiger partial charge on any atom is 0.308 e. The summed E-state index contributed by atoms with van der Waals surface area (Å²) in [5.41, 5.74) is 1.22. The molecule has 0 aliphatic carbocycles. The van der Waals surface area contributed by atoms with Gasteiger partial charge < -0.3 is 9.84 Å². The van der Waals surface area contributed by atoms with Crippen LogP contribution in [0, 0.1) is 11.8 Å². The van der Waals surface area contributed by atoms with Gasteiger partial charge in [-0.25, -0.2) is 0 Å². The molecule has 0 radical (unpaired) electrons. The molecule has 21 heavy (non-hydrogen) atoms. The molecule has 3 atom stereocenters. The average Bonchev–Trinajstić information content (AvgIpc) is 2.50. The Balaban J connectivity index is 2.69. The third-order valence-corrected chi connectivity index (χ3v) is 3.91. The predicted octanol–water partition coefficient (Wildman–Crippen LogP) is 3.59. The van der Waals surface area contributed by atoms with Gasteiger partial charge in [-0.1, -0.05) is 58.0 Å². The van der Waals surface area contributed by atoms with E-state index in [1.807, 2.05) is 45.9 Å². The summed E-state index contributed by atoms with van der Waals surface area (Å²) < 4.78 is 5.62. The number of hydrogen-bond donors (Lipinski definition) is 1. The molecule has 0 amide bonds. The minimum atomic E-state index is -0.439. The van der Waals surface area contributed by atoms with E-state index in [1.165, 1.54) is 5.56 Å². The molecule has 1 N–H and O–H groups in total. The second kappa shape index (κ2) is 8.83. The van der Waals surface area contributed by atoms with Gasteiger partial charge in [0.05, 0.1) is 12.0 Å². The van der Waals surface area contributed by atoms with Gasteiger partial charge in [0, 0.05) is 5.92 Å². The van der Waals surface area contributed by atoms with Crippen LogP contribution in [0.4, 0.5) is 0 Å².